The van der Waals surface area contributed by atoms with Crippen LogP contribution in [0.5, 0.6) is 0 Å². The van der Waals surface area contributed by atoms with Gasteiger partial charge in [-0.15, -0.1) is 0 Å². The Bertz CT molecular complexity index is 490. The third-order valence-electron chi connectivity index (χ3n) is 3.24. The molecule has 0 radical (unpaired) electrons. The van der Waals surface area contributed by atoms with Gasteiger partial charge in [-0.1, -0.05) is 12.1 Å². The van der Waals surface area contributed by atoms with E-state index in [0.29, 0.717) is 6.04 Å². The summed E-state index contributed by atoms with van der Waals surface area (Å²) in [5, 5.41) is 7.98. The lowest BCUT2D eigenvalue weighted by atomic mass is 10.1. The zero-order chi connectivity index (χ0) is 12.2. The van der Waals surface area contributed by atoms with Crippen LogP contribution in [0.15, 0.2) is 42.7 Å². The highest BCUT2D eigenvalue weighted by molar-refractivity contribution is 7.99. The molecule has 1 aliphatic heterocycles. The molecular weight excluding hydrogens is 242 g/mol. The van der Waals surface area contributed by atoms with Gasteiger partial charge in [-0.05, 0) is 42.5 Å². The molecule has 2 heterocycles. The average molecular weight is 259 g/mol. The molecule has 0 bridgehead atoms. The van der Waals surface area contributed by atoms with Crippen molar-refractivity contribution in [2.24, 2.45) is 0 Å². The van der Waals surface area contributed by atoms with Crippen LogP contribution in [0.1, 0.15) is 12.8 Å². The van der Waals surface area contributed by atoms with Gasteiger partial charge in [-0.3, -0.25) is 0 Å². The molecule has 1 N–H and O–H groups in total. The van der Waals surface area contributed by atoms with Gasteiger partial charge < -0.3 is 5.32 Å². The molecule has 2 aromatic rings. The highest BCUT2D eigenvalue weighted by Gasteiger charge is 2.14. The maximum Gasteiger partial charge on any atom is 0.0876 e. The van der Waals surface area contributed by atoms with Gasteiger partial charge in [0.1, 0.15) is 0 Å². The smallest absolute Gasteiger partial charge is 0.0876 e. The first-order chi connectivity index (χ1) is 8.93. The highest BCUT2D eigenvalue weighted by Crippen LogP contribution is 2.24. The standard InChI is InChI=1S/C14H17N3S/c1-2-5-14(17-9-3-8-15-17)13(4-1)16-12-6-10-18-11-7-12/h1-5,8-9,12,16H,6-7,10-11H2. The number of hydrogen-bond donors (Lipinski definition) is 1. The Morgan fingerprint density at radius 1 is 1.17 bits per heavy atom. The highest BCUT2D eigenvalue weighted by atomic mass is 32.2. The number of rotatable bonds is 3. The molecule has 18 heavy (non-hydrogen) atoms. The van der Waals surface area contributed by atoms with E-state index in [1.165, 1.54) is 30.0 Å². The van der Waals surface area contributed by atoms with Crippen molar-refractivity contribution in [2.45, 2.75) is 18.9 Å². The van der Waals surface area contributed by atoms with E-state index in [1.807, 2.05) is 23.1 Å². The molecule has 1 aromatic heterocycles. The van der Waals surface area contributed by atoms with Crippen LogP contribution in [-0.4, -0.2) is 27.3 Å². The van der Waals surface area contributed by atoms with Gasteiger partial charge in [0, 0.05) is 18.4 Å². The Kier molecular flexibility index (Phi) is 3.55. The van der Waals surface area contributed by atoms with Crippen molar-refractivity contribution in [3.8, 4) is 5.69 Å². The minimum absolute atomic E-state index is 0.600. The van der Waals surface area contributed by atoms with Crippen LogP contribution in [0.25, 0.3) is 5.69 Å². The molecule has 0 unspecified atom stereocenters. The maximum absolute atomic E-state index is 4.31. The Morgan fingerprint density at radius 2 is 2.00 bits per heavy atom. The minimum Gasteiger partial charge on any atom is -0.381 e. The number of para-hydroxylation sites is 2. The van der Waals surface area contributed by atoms with Gasteiger partial charge >= 0.3 is 0 Å². The number of nitrogens with one attached hydrogen (secondary N) is 1. The molecule has 1 aromatic carbocycles. The van der Waals surface area contributed by atoms with Crippen molar-refractivity contribution in [3.63, 3.8) is 0 Å². The van der Waals surface area contributed by atoms with Crippen molar-refractivity contribution in [1.29, 1.82) is 0 Å². The van der Waals surface area contributed by atoms with E-state index in [0.717, 1.165) is 5.69 Å². The van der Waals surface area contributed by atoms with Crippen LogP contribution < -0.4 is 5.32 Å². The Balaban J connectivity index is 1.83. The lowest BCUT2D eigenvalue weighted by Gasteiger charge is -2.24. The Hall–Kier alpha value is -1.42. The zero-order valence-electron chi connectivity index (χ0n) is 10.2. The van der Waals surface area contributed by atoms with Crippen molar-refractivity contribution in [2.75, 3.05) is 16.8 Å². The normalized spacial score (nSPS) is 16.7. The van der Waals surface area contributed by atoms with Crippen LogP contribution in [0.4, 0.5) is 5.69 Å². The predicted molar refractivity (Wildman–Crippen MR) is 77.5 cm³/mol. The first-order valence-corrected chi connectivity index (χ1v) is 7.52. The molecule has 3 rings (SSSR count). The molecule has 0 aliphatic carbocycles. The molecule has 0 spiro atoms. The van der Waals surface area contributed by atoms with Gasteiger partial charge in [0.05, 0.1) is 11.4 Å². The monoisotopic (exact) mass is 259 g/mol. The fraction of sp³-hybridized carbons (Fsp3) is 0.357. The topological polar surface area (TPSA) is 29.9 Å². The number of aromatic nitrogens is 2. The number of hydrogen-bond acceptors (Lipinski definition) is 3. The maximum atomic E-state index is 4.31. The minimum atomic E-state index is 0.600. The van der Waals surface area contributed by atoms with Gasteiger partial charge in [0.2, 0.25) is 0 Å². The summed E-state index contributed by atoms with van der Waals surface area (Å²) in [6.07, 6.45) is 6.29. The summed E-state index contributed by atoms with van der Waals surface area (Å²) in [6, 6.07) is 10.9. The largest absolute Gasteiger partial charge is 0.381 e. The SMILES string of the molecule is c1ccc(-n2cccn2)c(NC2CCSCC2)c1. The summed E-state index contributed by atoms with van der Waals surface area (Å²) in [5.74, 6) is 2.53. The van der Waals surface area contributed by atoms with Crippen molar-refractivity contribution >= 4 is 17.4 Å². The summed E-state index contributed by atoms with van der Waals surface area (Å²) < 4.78 is 1.92. The third kappa shape index (κ3) is 2.53. The summed E-state index contributed by atoms with van der Waals surface area (Å²) in [5.41, 5.74) is 2.30. The van der Waals surface area contributed by atoms with Crippen LogP contribution in [-0.2, 0) is 0 Å². The lowest BCUT2D eigenvalue weighted by Crippen LogP contribution is -2.25. The zero-order valence-corrected chi connectivity index (χ0v) is 11.1. The first-order valence-electron chi connectivity index (χ1n) is 6.37. The average Bonchev–Trinajstić information content (AvgIpc) is 2.94. The molecule has 3 nitrogen and oxygen atoms in total. The number of benzene rings is 1. The van der Waals surface area contributed by atoms with Crippen molar-refractivity contribution < 1.29 is 0 Å². The number of thioether (sulfide) groups is 1. The van der Waals surface area contributed by atoms with E-state index in [9.17, 15) is 0 Å². The van der Waals surface area contributed by atoms with E-state index >= 15 is 0 Å². The quantitative estimate of drug-likeness (QED) is 0.918. The fourth-order valence-electron chi connectivity index (χ4n) is 2.27. The van der Waals surface area contributed by atoms with Gasteiger partial charge in [0.15, 0.2) is 0 Å². The molecule has 0 atom stereocenters. The molecule has 1 fully saturated rings. The van der Waals surface area contributed by atoms with E-state index in [1.54, 1.807) is 0 Å². The van der Waals surface area contributed by atoms with Crippen LogP contribution in [0, 0.1) is 0 Å². The number of anilines is 1. The summed E-state index contributed by atoms with van der Waals surface area (Å²) in [6.45, 7) is 0. The first kappa shape index (κ1) is 11.7. The predicted octanol–water partition coefficient (Wildman–Crippen LogP) is 3.18. The summed E-state index contributed by atoms with van der Waals surface area (Å²) in [4.78, 5) is 0. The molecule has 1 saturated heterocycles. The Morgan fingerprint density at radius 3 is 2.78 bits per heavy atom. The molecular formula is C14H17N3S. The second-order valence-electron chi connectivity index (χ2n) is 4.50. The van der Waals surface area contributed by atoms with Crippen LogP contribution in [0.3, 0.4) is 0 Å². The van der Waals surface area contributed by atoms with E-state index in [4.69, 9.17) is 0 Å². The van der Waals surface area contributed by atoms with Gasteiger partial charge in [0.25, 0.3) is 0 Å². The molecule has 94 valence electrons. The van der Waals surface area contributed by atoms with Crippen LogP contribution >= 0.6 is 11.8 Å². The second kappa shape index (κ2) is 5.48. The van der Waals surface area contributed by atoms with E-state index in [-0.39, 0.29) is 0 Å². The fourth-order valence-corrected chi connectivity index (χ4v) is 3.38. The molecule has 1 aliphatic rings. The Labute approximate surface area is 112 Å². The number of nitrogens with zero attached hydrogens (tertiary/aromatic N) is 2. The van der Waals surface area contributed by atoms with E-state index in [2.05, 4.69) is 46.4 Å². The van der Waals surface area contributed by atoms with E-state index < -0.39 is 0 Å². The molecule has 4 heteroatoms. The van der Waals surface area contributed by atoms with Crippen LogP contribution in [0.2, 0.25) is 0 Å². The van der Waals surface area contributed by atoms with Gasteiger partial charge in [-0.2, -0.15) is 16.9 Å². The summed E-state index contributed by atoms with van der Waals surface area (Å²) in [7, 11) is 0. The lowest BCUT2D eigenvalue weighted by molar-refractivity contribution is 0.665. The van der Waals surface area contributed by atoms with Crippen molar-refractivity contribution in [3.05, 3.63) is 42.7 Å². The second-order valence-corrected chi connectivity index (χ2v) is 5.72. The third-order valence-corrected chi connectivity index (χ3v) is 4.28. The molecule has 0 saturated carbocycles. The molecule has 0 amide bonds. The summed E-state index contributed by atoms with van der Waals surface area (Å²) >= 11 is 2.05. The van der Waals surface area contributed by atoms with Gasteiger partial charge in [-0.25, -0.2) is 4.68 Å². The van der Waals surface area contributed by atoms with Crippen molar-refractivity contribution in [1.82, 2.24) is 9.78 Å².